The molecular weight excluding hydrogens is 498 g/mol. The number of hydrogen-bond acceptors (Lipinski definition) is 4. The third kappa shape index (κ3) is 6.86. The quantitative estimate of drug-likeness (QED) is 0.406. The van der Waals surface area contributed by atoms with E-state index in [4.69, 9.17) is 11.6 Å². The van der Waals surface area contributed by atoms with E-state index in [1.165, 1.54) is 17.0 Å². The fourth-order valence-electron chi connectivity index (χ4n) is 3.75. The first-order chi connectivity index (χ1) is 17.2. The van der Waals surface area contributed by atoms with Crippen molar-refractivity contribution >= 4 is 39.1 Å². The zero-order chi connectivity index (χ0) is 26.1. The zero-order valence-electron chi connectivity index (χ0n) is 20.3. The highest BCUT2D eigenvalue weighted by Crippen LogP contribution is 2.25. The average molecular weight is 528 g/mol. The molecule has 3 rings (SSSR count). The Kier molecular flexibility index (Phi) is 9.50. The van der Waals surface area contributed by atoms with Crippen LogP contribution < -0.4 is 9.62 Å². The first-order valence-electron chi connectivity index (χ1n) is 11.7. The minimum absolute atomic E-state index is 0.0559. The molecule has 3 aromatic rings. The number of anilines is 1. The summed E-state index contributed by atoms with van der Waals surface area (Å²) in [4.78, 5) is 27.8. The first-order valence-corrected chi connectivity index (χ1v) is 13.5. The van der Waals surface area contributed by atoms with E-state index in [0.717, 1.165) is 9.87 Å². The number of likely N-dealkylation sites (N-methyl/N-ethyl adjacent to an activating group) is 1. The zero-order valence-corrected chi connectivity index (χ0v) is 21.9. The third-order valence-electron chi connectivity index (χ3n) is 5.73. The Hall–Kier alpha value is -3.36. The summed E-state index contributed by atoms with van der Waals surface area (Å²) in [5.41, 5.74) is 1.30. The van der Waals surface area contributed by atoms with Gasteiger partial charge >= 0.3 is 0 Å². The SMILES string of the molecule is CCNC(=O)C(C)N(CCc1ccccc1)C(=O)CN(c1ccc(Cl)cc1)S(=O)(=O)c1ccccc1. The molecule has 7 nitrogen and oxygen atoms in total. The van der Waals surface area contributed by atoms with E-state index in [1.54, 1.807) is 56.3 Å². The predicted octanol–water partition coefficient (Wildman–Crippen LogP) is 4.13. The van der Waals surface area contributed by atoms with Crippen LogP contribution in [0.5, 0.6) is 0 Å². The Bertz CT molecular complexity index is 1250. The van der Waals surface area contributed by atoms with Gasteiger partial charge in [0.05, 0.1) is 10.6 Å². The van der Waals surface area contributed by atoms with Crippen molar-refractivity contribution in [3.63, 3.8) is 0 Å². The number of hydrogen-bond donors (Lipinski definition) is 1. The summed E-state index contributed by atoms with van der Waals surface area (Å²) in [6.07, 6.45) is 0.517. The van der Waals surface area contributed by atoms with Crippen molar-refractivity contribution in [3.05, 3.63) is 95.5 Å². The Labute approximate surface area is 217 Å². The van der Waals surface area contributed by atoms with Gasteiger partial charge in [0.25, 0.3) is 10.0 Å². The van der Waals surface area contributed by atoms with Crippen LogP contribution in [0.3, 0.4) is 0 Å². The first kappa shape index (κ1) is 27.2. The lowest BCUT2D eigenvalue weighted by Gasteiger charge is -2.32. The number of nitrogens with zero attached hydrogens (tertiary/aromatic N) is 2. The van der Waals surface area contributed by atoms with E-state index in [9.17, 15) is 18.0 Å². The lowest BCUT2D eigenvalue weighted by Crippen LogP contribution is -2.52. The van der Waals surface area contributed by atoms with Crippen LogP contribution in [0, 0.1) is 0 Å². The van der Waals surface area contributed by atoms with Crippen molar-refractivity contribution in [1.29, 1.82) is 0 Å². The number of sulfonamides is 1. The standard InChI is InChI=1S/C27H30ClN3O4S/c1-3-29-27(33)21(2)30(19-18-22-10-6-4-7-11-22)26(32)20-31(24-16-14-23(28)15-17-24)36(34,35)25-12-8-5-9-13-25/h4-17,21H,3,18-20H2,1-2H3,(H,29,33). The molecule has 36 heavy (non-hydrogen) atoms. The Morgan fingerprint density at radius 3 is 2.08 bits per heavy atom. The molecule has 0 aliphatic rings. The molecule has 0 bridgehead atoms. The molecule has 3 aromatic carbocycles. The van der Waals surface area contributed by atoms with Gasteiger partial charge in [0.2, 0.25) is 11.8 Å². The van der Waals surface area contributed by atoms with Crippen LogP contribution in [0.15, 0.2) is 89.8 Å². The summed E-state index contributed by atoms with van der Waals surface area (Å²) in [6, 6.07) is 23.0. The van der Waals surface area contributed by atoms with E-state index in [1.807, 2.05) is 30.3 Å². The summed E-state index contributed by atoms with van der Waals surface area (Å²) in [6.45, 7) is 3.64. The number of nitrogens with one attached hydrogen (secondary N) is 1. The van der Waals surface area contributed by atoms with Crippen LogP contribution in [0.25, 0.3) is 0 Å². The fourth-order valence-corrected chi connectivity index (χ4v) is 5.31. The van der Waals surface area contributed by atoms with E-state index in [2.05, 4.69) is 5.32 Å². The van der Waals surface area contributed by atoms with Crippen molar-refractivity contribution < 1.29 is 18.0 Å². The number of amides is 2. The number of carbonyl (C=O) groups excluding carboxylic acids is 2. The van der Waals surface area contributed by atoms with Crippen LogP contribution in [0.1, 0.15) is 19.4 Å². The number of benzene rings is 3. The summed E-state index contributed by atoms with van der Waals surface area (Å²) in [5, 5.41) is 3.19. The average Bonchev–Trinajstić information content (AvgIpc) is 2.89. The molecule has 1 atom stereocenters. The molecule has 0 fully saturated rings. The Balaban J connectivity index is 1.95. The van der Waals surface area contributed by atoms with E-state index in [-0.39, 0.29) is 17.3 Å². The van der Waals surface area contributed by atoms with Gasteiger partial charge < -0.3 is 10.2 Å². The monoisotopic (exact) mass is 527 g/mol. The van der Waals surface area contributed by atoms with Crippen molar-refractivity contribution in [1.82, 2.24) is 10.2 Å². The highest BCUT2D eigenvalue weighted by Gasteiger charge is 2.32. The van der Waals surface area contributed by atoms with Gasteiger partial charge in [-0.1, -0.05) is 60.1 Å². The molecule has 2 amide bonds. The van der Waals surface area contributed by atoms with Gasteiger partial charge in [-0.05, 0) is 62.2 Å². The molecule has 0 heterocycles. The van der Waals surface area contributed by atoms with Gasteiger partial charge in [-0.3, -0.25) is 13.9 Å². The lowest BCUT2D eigenvalue weighted by molar-refractivity contribution is -0.138. The van der Waals surface area contributed by atoms with E-state index in [0.29, 0.717) is 23.7 Å². The second-order valence-corrected chi connectivity index (χ2v) is 10.5. The molecular formula is C27H30ClN3O4S. The molecule has 0 aromatic heterocycles. The third-order valence-corrected chi connectivity index (χ3v) is 7.77. The highest BCUT2D eigenvalue weighted by atomic mass is 35.5. The topological polar surface area (TPSA) is 86.8 Å². The van der Waals surface area contributed by atoms with Gasteiger partial charge in [0, 0.05) is 18.1 Å². The minimum atomic E-state index is -4.08. The van der Waals surface area contributed by atoms with Crippen LogP contribution in [0.4, 0.5) is 5.69 Å². The maximum Gasteiger partial charge on any atom is 0.264 e. The summed E-state index contributed by atoms with van der Waals surface area (Å²) in [7, 11) is -4.08. The molecule has 0 aliphatic heterocycles. The molecule has 0 radical (unpaired) electrons. The molecule has 0 saturated heterocycles. The number of rotatable bonds is 11. The molecule has 1 N–H and O–H groups in total. The smallest absolute Gasteiger partial charge is 0.264 e. The van der Waals surface area contributed by atoms with Crippen molar-refractivity contribution in [3.8, 4) is 0 Å². The molecule has 1 unspecified atom stereocenters. The molecule has 190 valence electrons. The van der Waals surface area contributed by atoms with Crippen LogP contribution in [0.2, 0.25) is 5.02 Å². The van der Waals surface area contributed by atoms with E-state index < -0.39 is 28.5 Å². The maximum absolute atomic E-state index is 13.7. The molecule has 0 saturated carbocycles. The Morgan fingerprint density at radius 2 is 1.50 bits per heavy atom. The summed E-state index contributed by atoms with van der Waals surface area (Å²) in [5.74, 6) is -0.790. The van der Waals surface area contributed by atoms with Gasteiger partial charge in [0.1, 0.15) is 12.6 Å². The second kappa shape index (κ2) is 12.6. The van der Waals surface area contributed by atoms with Crippen LogP contribution >= 0.6 is 11.6 Å². The number of carbonyl (C=O) groups is 2. The van der Waals surface area contributed by atoms with Crippen LogP contribution in [-0.4, -0.2) is 50.8 Å². The molecule has 0 spiro atoms. The van der Waals surface area contributed by atoms with Crippen molar-refractivity contribution in [2.75, 3.05) is 23.9 Å². The number of halogens is 1. The second-order valence-electron chi connectivity index (χ2n) is 8.19. The maximum atomic E-state index is 13.7. The van der Waals surface area contributed by atoms with Gasteiger partial charge in [-0.25, -0.2) is 8.42 Å². The van der Waals surface area contributed by atoms with E-state index >= 15 is 0 Å². The van der Waals surface area contributed by atoms with Gasteiger partial charge in [-0.2, -0.15) is 0 Å². The largest absolute Gasteiger partial charge is 0.355 e. The molecule has 0 aliphatic carbocycles. The van der Waals surface area contributed by atoms with Gasteiger partial charge in [0.15, 0.2) is 0 Å². The predicted molar refractivity (Wildman–Crippen MR) is 142 cm³/mol. The summed E-state index contributed by atoms with van der Waals surface area (Å²) >= 11 is 6.02. The Morgan fingerprint density at radius 1 is 0.917 bits per heavy atom. The minimum Gasteiger partial charge on any atom is -0.355 e. The summed E-state index contributed by atoms with van der Waals surface area (Å²) < 4.78 is 28.3. The van der Waals surface area contributed by atoms with Crippen molar-refractivity contribution in [2.24, 2.45) is 0 Å². The normalized spacial score (nSPS) is 12.0. The highest BCUT2D eigenvalue weighted by molar-refractivity contribution is 7.92. The van der Waals surface area contributed by atoms with Gasteiger partial charge in [-0.15, -0.1) is 0 Å². The van der Waals surface area contributed by atoms with Crippen molar-refractivity contribution in [2.45, 2.75) is 31.2 Å². The lowest BCUT2D eigenvalue weighted by atomic mass is 10.1. The fraction of sp³-hybridized carbons (Fsp3) is 0.259. The molecule has 9 heteroatoms. The van der Waals surface area contributed by atoms with Crippen LogP contribution in [-0.2, 0) is 26.0 Å².